The van der Waals surface area contributed by atoms with Crippen LogP contribution in [0.5, 0.6) is 0 Å². The molecule has 2 amide bonds. The Morgan fingerprint density at radius 1 is 0.967 bits per heavy atom. The molecule has 0 bridgehead atoms. The SMILES string of the molecule is CC(C)(C)C(=O)N1CCCC1C(=O)N1CCCN(S(=O)(=O)c2ccc(F)cc2)CC1. The Morgan fingerprint density at radius 3 is 2.27 bits per heavy atom. The van der Waals surface area contributed by atoms with Crippen molar-refractivity contribution in [3.8, 4) is 0 Å². The van der Waals surface area contributed by atoms with Gasteiger partial charge in [-0.25, -0.2) is 12.8 Å². The highest BCUT2D eigenvalue weighted by Crippen LogP contribution is 2.27. The number of carbonyl (C=O) groups is 2. The van der Waals surface area contributed by atoms with Gasteiger partial charge in [0.15, 0.2) is 0 Å². The van der Waals surface area contributed by atoms with E-state index in [0.29, 0.717) is 32.5 Å². The molecule has 3 rings (SSSR count). The Labute approximate surface area is 177 Å². The molecule has 0 radical (unpaired) electrons. The second-order valence-corrected chi connectivity index (χ2v) is 10.9. The third-order valence-corrected chi connectivity index (χ3v) is 7.57. The second-order valence-electron chi connectivity index (χ2n) is 8.94. The molecule has 1 atom stereocenters. The Bertz CT molecular complexity index is 896. The fraction of sp³-hybridized carbons (Fsp3) is 0.619. The zero-order valence-corrected chi connectivity index (χ0v) is 18.6. The summed E-state index contributed by atoms with van der Waals surface area (Å²) in [5, 5.41) is 0. The van der Waals surface area contributed by atoms with E-state index < -0.39 is 27.3 Å². The molecule has 0 aromatic heterocycles. The summed E-state index contributed by atoms with van der Waals surface area (Å²) in [5.41, 5.74) is -0.554. The van der Waals surface area contributed by atoms with E-state index in [9.17, 15) is 22.4 Å². The van der Waals surface area contributed by atoms with E-state index in [4.69, 9.17) is 0 Å². The van der Waals surface area contributed by atoms with Gasteiger partial charge in [0.1, 0.15) is 11.9 Å². The summed E-state index contributed by atoms with van der Waals surface area (Å²) < 4.78 is 40.3. The highest BCUT2D eigenvalue weighted by molar-refractivity contribution is 7.89. The first-order valence-electron chi connectivity index (χ1n) is 10.4. The van der Waals surface area contributed by atoms with Gasteiger partial charge in [-0.3, -0.25) is 9.59 Å². The molecule has 1 unspecified atom stereocenters. The van der Waals surface area contributed by atoms with Crippen molar-refractivity contribution in [3.05, 3.63) is 30.1 Å². The largest absolute Gasteiger partial charge is 0.340 e. The summed E-state index contributed by atoms with van der Waals surface area (Å²) in [5.74, 6) is -0.632. The average molecular weight is 440 g/mol. The van der Waals surface area contributed by atoms with Crippen LogP contribution in [-0.4, -0.2) is 73.1 Å². The molecule has 2 saturated heterocycles. The Hall–Kier alpha value is -2.00. The highest BCUT2D eigenvalue weighted by atomic mass is 32.2. The summed E-state index contributed by atoms with van der Waals surface area (Å²) in [6, 6.07) is 4.29. The van der Waals surface area contributed by atoms with Crippen molar-refractivity contribution in [2.75, 3.05) is 32.7 Å². The lowest BCUT2D eigenvalue weighted by Gasteiger charge is -2.33. The first-order chi connectivity index (χ1) is 14.0. The molecule has 0 aliphatic carbocycles. The van der Waals surface area contributed by atoms with Gasteiger partial charge < -0.3 is 9.80 Å². The van der Waals surface area contributed by atoms with Crippen molar-refractivity contribution in [3.63, 3.8) is 0 Å². The van der Waals surface area contributed by atoms with Gasteiger partial charge in [0.2, 0.25) is 21.8 Å². The minimum atomic E-state index is -3.75. The number of carbonyl (C=O) groups excluding carboxylic acids is 2. The highest BCUT2D eigenvalue weighted by Gasteiger charge is 2.40. The molecule has 1 aromatic carbocycles. The maximum absolute atomic E-state index is 13.2. The molecule has 0 N–H and O–H groups in total. The quantitative estimate of drug-likeness (QED) is 0.723. The van der Waals surface area contributed by atoms with Crippen molar-refractivity contribution >= 4 is 21.8 Å². The first-order valence-corrected chi connectivity index (χ1v) is 11.8. The number of nitrogens with zero attached hydrogens (tertiary/aromatic N) is 3. The Morgan fingerprint density at radius 2 is 1.63 bits per heavy atom. The number of halogens is 1. The normalized spacial score (nSPS) is 21.5. The molecule has 0 saturated carbocycles. The van der Waals surface area contributed by atoms with Crippen molar-refractivity contribution in [2.24, 2.45) is 5.41 Å². The van der Waals surface area contributed by atoms with Crippen LogP contribution in [0.2, 0.25) is 0 Å². The average Bonchev–Trinajstić information content (AvgIpc) is 3.02. The van der Waals surface area contributed by atoms with Gasteiger partial charge in [0.05, 0.1) is 4.90 Å². The van der Waals surface area contributed by atoms with Crippen LogP contribution in [-0.2, 0) is 19.6 Å². The monoisotopic (exact) mass is 439 g/mol. The van der Waals surface area contributed by atoms with Gasteiger partial charge in [-0.1, -0.05) is 20.8 Å². The molecule has 2 aliphatic heterocycles. The molecule has 2 aliphatic rings. The summed E-state index contributed by atoms with van der Waals surface area (Å²) in [6.45, 7) is 7.29. The molecular formula is C21H30FN3O4S. The molecule has 166 valence electrons. The molecule has 2 heterocycles. The predicted molar refractivity (Wildman–Crippen MR) is 111 cm³/mol. The Kier molecular flexibility index (Phi) is 6.52. The topological polar surface area (TPSA) is 78.0 Å². The number of amides is 2. The second kappa shape index (κ2) is 8.63. The van der Waals surface area contributed by atoms with E-state index in [2.05, 4.69) is 0 Å². The predicted octanol–water partition coefficient (Wildman–Crippen LogP) is 2.09. The summed E-state index contributed by atoms with van der Waals surface area (Å²) >= 11 is 0. The van der Waals surface area contributed by atoms with Gasteiger partial charge in [0.25, 0.3) is 0 Å². The van der Waals surface area contributed by atoms with Crippen LogP contribution in [0.1, 0.15) is 40.0 Å². The molecule has 1 aromatic rings. The van der Waals surface area contributed by atoms with Gasteiger partial charge in [0, 0.05) is 38.1 Å². The minimum absolute atomic E-state index is 0.0336. The van der Waals surface area contributed by atoms with E-state index in [1.54, 1.807) is 9.80 Å². The maximum Gasteiger partial charge on any atom is 0.245 e. The number of benzene rings is 1. The van der Waals surface area contributed by atoms with Gasteiger partial charge >= 0.3 is 0 Å². The Balaban J connectivity index is 1.69. The van der Waals surface area contributed by atoms with Crippen LogP contribution in [0.25, 0.3) is 0 Å². The van der Waals surface area contributed by atoms with Crippen LogP contribution in [0.3, 0.4) is 0 Å². The number of hydrogen-bond acceptors (Lipinski definition) is 4. The maximum atomic E-state index is 13.2. The lowest BCUT2D eigenvalue weighted by molar-refractivity contribution is -0.148. The molecular weight excluding hydrogens is 409 g/mol. The van der Waals surface area contributed by atoms with Crippen LogP contribution >= 0.6 is 0 Å². The summed E-state index contributed by atoms with van der Waals surface area (Å²) in [6.07, 6.45) is 1.93. The molecule has 9 heteroatoms. The standard InChI is InChI=1S/C21H30FN3O4S/c1-21(2,3)20(27)25-13-4-6-18(25)19(26)23-11-5-12-24(15-14-23)30(28,29)17-9-7-16(22)8-10-17/h7-10,18H,4-6,11-15H2,1-3H3. The van der Waals surface area contributed by atoms with E-state index in [1.807, 2.05) is 20.8 Å². The van der Waals surface area contributed by atoms with Crippen molar-refractivity contribution < 1.29 is 22.4 Å². The van der Waals surface area contributed by atoms with Crippen LogP contribution in [0.4, 0.5) is 4.39 Å². The molecule has 30 heavy (non-hydrogen) atoms. The van der Waals surface area contributed by atoms with Crippen LogP contribution < -0.4 is 0 Å². The van der Waals surface area contributed by atoms with Crippen LogP contribution in [0, 0.1) is 11.2 Å². The van der Waals surface area contributed by atoms with Crippen LogP contribution in [0.15, 0.2) is 29.2 Å². The van der Waals surface area contributed by atoms with E-state index in [-0.39, 0.29) is 29.8 Å². The van der Waals surface area contributed by atoms with Crippen molar-refractivity contribution in [1.82, 2.24) is 14.1 Å². The summed E-state index contributed by atoms with van der Waals surface area (Å²) in [7, 11) is -3.75. The first kappa shape index (κ1) is 22.7. The van der Waals surface area contributed by atoms with Gasteiger partial charge in [-0.05, 0) is 43.5 Å². The lowest BCUT2D eigenvalue weighted by atomic mass is 9.94. The fourth-order valence-electron chi connectivity index (χ4n) is 4.02. The van der Waals surface area contributed by atoms with E-state index in [1.165, 1.54) is 16.4 Å². The fourth-order valence-corrected chi connectivity index (χ4v) is 5.49. The van der Waals surface area contributed by atoms with Gasteiger partial charge in [-0.2, -0.15) is 4.31 Å². The van der Waals surface area contributed by atoms with Crippen molar-refractivity contribution in [2.45, 2.75) is 51.0 Å². The lowest BCUT2D eigenvalue weighted by Crippen LogP contribution is -2.51. The molecule has 2 fully saturated rings. The third kappa shape index (κ3) is 4.67. The van der Waals surface area contributed by atoms with Crippen molar-refractivity contribution in [1.29, 1.82) is 0 Å². The molecule has 7 nitrogen and oxygen atoms in total. The molecule has 0 spiro atoms. The third-order valence-electron chi connectivity index (χ3n) is 5.66. The van der Waals surface area contributed by atoms with Gasteiger partial charge in [-0.15, -0.1) is 0 Å². The number of hydrogen-bond donors (Lipinski definition) is 0. The summed E-state index contributed by atoms with van der Waals surface area (Å²) in [4.78, 5) is 29.3. The van der Waals surface area contributed by atoms with E-state index in [0.717, 1.165) is 18.6 Å². The number of sulfonamides is 1. The smallest absolute Gasteiger partial charge is 0.245 e. The van der Waals surface area contributed by atoms with E-state index >= 15 is 0 Å². The number of likely N-dealkylation sites (tertiary alicyclic amines) is 1. The number of rotatable bonds is 3. The minimum Gasteiger partial charge on any atom is -0.340 e. The zero-order valence-electron chi connectivity index (χ0n) is 17.8. The zero-order chi connectivity index (χ0) is 22.1.